The molecular formula is C20H30N4O2. The number of nitrogens with one attached hydrogen (secondary N) is 2. The fraction of sp³-hybridized carbons (Fsp3) is 0.650. The van der Waals surface area contributed by atoms with Gasteiger partial charge in [0.05, 0.1) is 19.3 Å². The highest BCUT2D eigenvalue weighted by Gasteiger charge is 2.32. The lowest BCUT2D eigenvalue weighted by atomic mass is 10.1. The molecule has 3 aliphatic rings. The highest BCUT2D eigenvalue weighted by atomic mass is 16.5. The highest BCUT2D eigenvalue weighted by Crippen LogP contribution is 2.26. The second-order valence-electron chi connectivity index (χ2n) is 7.42. The van der Waals surface area contributed by atoms with Gasteiger partial charge in [0, 0.05) is 39.1 Å². The number of ether oxygens (including phenoxy) is 2. The van der Waals surface area contributed by atoms with Crippen LogP contribution in [0.4, 0.5) is 0 Å². The van der Waals surface area contributed by atoms with Gasteiger partial charge in [0.15, 0.2) is 5.96 Å². The minimum Gasteiger partial charge on any atom is -0.493 e. The maximum atomic E-state index is 6.00. The molecule has 0 bridgehead atoms. The molecule has 2 fully saturated rings. The molecule has 2 atom stereocenters. The molecule has 2 saturated heterocycles. The third-order valence-corrected chi connectivity index (χ3v) is 5.64. The van der Waals surface area contributed by atoms with Crippen LogP contribution in [0, 0.1) is 0 Å². The third kappa shape index (κ3) is 4.13. The molecule has 2 N–H and O–H groups in total. The molecule has 0 radical (unpaired) electrons. The van der Waals surface area contributed by atoms with Crippen molar-refractivity contribution in [1.29, 1.82) is 0 Å². The first-order valence-electron chi connectivity index (χ1n) is 9.86. The summed E-state index contributed by atoms with van der Waals surface area (Å²) < 4.78 is 11.6. The monoisotopic (exact) mass is 358 g/mol. The van der Waals surface area contributed by atoms with E-state index < -0.39 is 0 Å². The van der Waals surface area contributed by atoms with Crippen molar-refractivity contribution in [1.82, 2.24) is 15.5 Å². The van der Waals surface area contributed by atoms with Crippen molar-refractivity contribution >= 4 is 5.96 Å². The van der Waals surface area contributed by atoms with Crippen LogP contribution in [0.1, 0.15) is 24.0 Å². The summed E-state index contributed by atoms with van der Waals surface area (Å²) in [6.45, 7) is 5.61. The number of morpholine rings is 1. The van der Waals surface area contributed by atoms with Crippen molar-refractivity contribution < 1.29 is 9.47 Å². The Morgan fingerprint density at radius 2 is 2.31 bits per heavy atom. The van der Waals surface area contributed by atoms with Gasteiger partial charge in [0.1, 0.15) is 5.75 Å². The van der Waals surface area contributed by atoms with E-state index in [2.05, 4.69) is 38.7 Å². The van der Waals surface area contributed by atoms with Gasteiger partial charge in [0.25, 0.3) is 0 Å². The topological polar surface area (TPSA) is 58.1 Å². The Balaban J connectivity index is 1.19. The van der Waals surface area contributed by atoms with E-state index in [1.54, 1.807) is 0 Å². The van der Waals surface area contributed by atoms with Crippen LogP contribution < -0.4 is 15.4 Å². The van der Waals surface area contributed by atoms with Gasteiger partial charge in [-0.05, 0) is 43.0 Å². The molecule has 6 heteroatoms. The zero-order valence-corrected chi connectivity index (χ0v) is 15.7. The molecule has 26 heavy (non-hydrogen) atoms. The average Bonchev–Trinajstić information content (AvgIpc) is 3.32. The molecule has 142 valence electrons. The first-order chi connectivity index (χ1) is 12.8. The molecular weight excluding hydrogens is 328 g/mol. The Kier molecular flexibility index (Phi) is 5.60. The fourth-order valence-electron chi connectivity index (χ4n) is 4.16. The van der Waals surface area contributed by atoms with Crippen molar-refractivity contribution in [2.24, 2.45) is 4.99 Å². The van der Waals surface area contributed by atoms with E-state index in [1.165, 1.54) is 30.5 Å². The van der Waals surface area contributed by atoms with E-state index in [-0.39, 0.29) is 6.10 Å². The van der Waals surface area contributed by atoms with Crippen molar-refractivity contribution in [3.05, 3.63) is 29.3 Å². The minimum atomic E-state index is 0.250. The Morgan fingerprint density at radius 1 is 1.35 bits per heavy atom. The predicted octanol–water partition coefficient (Wildman–Crippen LogP) is 1.19. The maximum Gasteiger partial charge on any atom is 0.191 e. The van der Waals surface area contributed by atoms with E-state index >= 15 is 0 Å². The SMILES string of the molecule is CN=C(NCCc1ccc2c(c1)CCO2)NCC1CN2CCCC2CO1. The molecule has 0 spiro atoms. The molecule has 3 aliphatic heterocycles. The number of hydrogen-bond donors (Lipinski definition) is 2. The largest absolute Gasteiger partial charge is 0.493 e. The third-order valence-electron chi connectivity index (χ3n) is 5.64. The summed E-state index contributed by atoms with van der Waals surface area (Å²) >= 11 is 0. The van der Waals surface area contributed by atoms with E-state index in [9.17, 15) is 0 Å². The van der Waals surface area contributed by atoms with E-state index in [4.69, 9.17) is 9.47 Å². The average molecular weight is 358 g/mol. The van der Waals surface area contributed by atoms with E-state index in [1.807, 2.05) is 7.05 Å². The smallest absolute Gasteiger partial charge is 0.191 e. The second kappa shape index (κ2) is 8.27. The molecule has 6 nitrogen and oxygen atoms in total. The Hall–Kier alpha value is -1.79. The zero-order chi connectivity index (χ0) is 17.8. The van der Waals surface area contributed by atoms with Crippen LogP contribution in [-0.4, -0.2) is 69.4 Å². The Bertz CT molecular complexity index is 649. The number of hydrogen-bond acceptors (Lipinski definition) is 4. The zero-order valence-electron chi connectivity index (χ0n) is 15.7. The number of aliphatic imine (C=N–C) groups is 1. The van der Waals surface area contributed by atoms with Gasteiger partial charge in [-0.1, -0.05) is 12.1 Å². The van der Waals surface area contributed by atoms with Crippen LogP contribution in [0.5, 0.6) is 5.75 Å². The molecule has 1 aromatic rings. The normalized spacial score (nSPS) is 25.5. The summed E-state index contributed by atoms with van der Waals surface area (Å²) in [5, 5.41) is 6.82. The van der Waals surface area contributed by atoms with Gasteiger partial charge in [-0.25, -0.2) is 0 Å². The predicted molar refractivity (Wildman–Crippen MR) is 103 cm³/mol. The van der Waals surface area contributed by atoms with Crippen LogP contribution >= 0.6 is 0 Å². The quantitative estimate of drug-likeness (QED) is 0.612. The lowest BCUT2D eigenvalue weighted by molar-refractivity contribution is -0.0453. The van der Waals surface area contributed by atoms with Crippen molar-refractivity contribution in [2.75, 3.05) is 46.4 Å². The Morgan fingerprint density at radius 3 is 3.23 bits per heavy atom. The minimum absolute atomic E-state index is 0.250. The lowest BCUT2D eigenvalue weighted by Crippen LogP contribution is -2.51. The van der Waals surface area contributed by atoms with Gasteiger partial charge in [-0.15, -0.1) is 0 Å². The first-order valence-corrected chi connectivity index (χ1v) is 9.86. The van der Waals surface area contributed by atoms with Crippen LogP contribution in [0.3, 0.4) is 0 Å². The number of rotatable bonds is 5. The molecule has 1 aromatic carbocycles. The molecule has 0 amide bonds. The standard InChI is InChI=1S/C20H30N4O2/c1-21-20(23-12-18-13-24-9-2-3-17(24)14-26-18)22-8-6-15-4-5-19-16(11-15)7-10-25-19/h4-5,11,17-18H,2-3,6-10,12-14H2,1H3,(H2,21,22,23). The molecule has 4 rings (SSSR count). The van der Waals surface area contributed by atoms with Gasteiger partial charge < -0.3 is 20.1 Å². The number of fused-ring (bicyclic) bond motifs is 2. The number of benzene rings is 1. The summed E-state index contributed by atoms with van der Waals surface area (Å²) in [5.74, 6) is 1.90. The van der Waals surface area contributed by atoms with Crippen LogP contribution in [-0.2, 0) is 17.6 Å². The Labute approximate surface area is 156 Å². The molecule has 2 unspecified atom stereocenters. The maximum absolute atomic E-state index is 6.00. The molecule has 0 saturated carbocycles. The molecule has 3 heterocycles. The number of guanidine groups is 1. The molecule has 0 aromatic heterocycles. The summed E-state index contributed by atoms with van der Waals surface area (Å²) in [5.41, 5.74) is 2.67. The number of nitrogens with zero attached hydrogens (tertiary/aromatic N) is 2. The fourth-order valence-corrected chi connectivity index (χ4v) is 4.16. The van der Waals surface area contributed by atoms with E-state index in [0.29, 0.717) is 6.04 Å². The van der Waals surface area contributed by atoms with Crippen LogP contribution in [0.2, 0.25) is 0 Å². The van der Waals surface area contributed by atoms with Crippen molar-refractivity contribution in [3.63, 3.8) is 0 Å². The van der Waals surface area contributed by atoms with Gasteiger partial charge in [-0.3, -0.25) is 9.89 Å². The van der Waals surface area contributed by atoms with Gasteiger partial charge in [-0.2, -0.15) is 0 Å². The van der Waals surface area contributed by atoms with Crippen LogP contribution in [0.15, 0.2) is 23.2 Å². The van der Waals surface area contributed by atoms with Crippen molar-refractivity contribution in [2.45, 2.75) is 37.8 Å². The summed E-state index contributed by atoms with van der Waals surface area (Å²) in [6, 6.07) is 7.17. The van der Waals surface area contributed by atoms with Crippen LogP contribution in [0.25, 0.3) is 0 Å². The van der Waals surface area contributed by atoms with Gasteiger partial charge in [0.2, 0.25) is 0 Å². The van der Waals surface area contributed by atoms with Crippen molar-refractivity contribution in [3.8, 4) is 5.75 Å². The lowest BCUT2D eigenvalue weighted by Gasteiger charge is -2.35. The van der Waals surface area contributed by atoms with E-state index in [0.717, 1.165) is 57.4 Å². The second-order valence-corrected chi connectivity index (χ2v) is 7.42. The summed E-state index contributed by atoms with van der Waals surface area (Å²) in [6.07, 6.45) is 4.85. The summed E-state index contributed by atoms with van der Waals surface area (Å²) in [7, 11) is 1.82. The first kappa shape index (κ1) is 17.6. The summed E-state index contributed by atoms with van der Waals surface area (Å²) in [4.78, 5) is 6.91. The molecule has 0 aliphatic carbocycles. The highest BCUT2D eigenvalue weighted by molar-refractivity contribution is 5.79. The van der Waals surface area contributed by atoms with Gasteiger partial charge >= 0.3 is 0 Å².